The number of ether oxygens (including phenoxy) is 1. The minimum absolute atomic E-state index is 0.250. The molecule has 166 valence electrons. The molecule has 4 rings (SSSR count). The van der Waals surface area contributed by atoms with Crippen molar-refractivity contribution < 1.29 is 13.9 Å². The number of nitrogens with zero attached hydrogens (tertiary/aromatic N) is 3. The molecule has 3 aromatic rings. The van der Waals surface area contributed by atoms with E-state index in [4.69, 9.17) is 4.74 Å². The number of carbonyl (C=O) groups excluding carboxylic acids is 1. The number of aromatic nitrogens is 3. The Bertz CT molecular complexity index is 1130. The van der Waals surface area contributed by atoms with Crippen LogP contribution in [-0.2, 0) is 6.42 Å². The second kappa shape index (κ2) is 9.59. The molecule has 1 aliphatic rings. The van der Waals surface area contributed by atoms with Crippen molar-refractivity contribution in [3.63, 3.8) is 0 Å². The first-order valence-electron chi connectivity index (χ1n) is 10.4. The van der Waals surface area contributed by atoms with Gasteiger partial charge in [-0.1, -0.05) is 12.1 Å². The summed E-state index contributed by atoms with van der Waals surface area (Å²) in [5, 5.41) is 2.96. The fourth-order valence-corrected chi connectivity index (χ4v) is 3.71. The zero-order chi connectivity index (χ0) is 22.5. The van der Waals surface area contributed by atoms with Gasteiger partial charge in [0, 0.05) is 37.8 Å². The van der Waals surface area contributed by atoms with Crippen LogP contribution in [0.1, 0.15) is 40.5 Å². The van der Waals surface area contributed by atoms with Crippen LogP contribution in [0.15, 0.2) is 53.5 Å². The third-order valence-electron chi connectivity index (χ3n) is 5.39. The summed E-state index contributed by atoms with van der Waals surface area (Å²) >= 11 is 0. The van der Waals surface area contributed by atoms with Gasteiger partial charge in [-0.2, -0.15) is 0 Å². The number of rotatable bonds is 7. The number of nitrogens with one attached hydrogen (secondary N) is 2. The Balaban J connectivity index is 1.60. The van der Waals surface area contributed by atoms with Crippen molar-refractivity contribution in [2.75, 3.05) is 25.1 Å². The summed E-state index contributed by atoms with van der Waals surface area (Å²) in [6.45, 7) is 1.68. The van der Waals surface area contributed by atoms with Gasteiger partial charge in [0.1, 0.15) is 5.82 Å². The number of hydrogen-bond acceptors (Lipinski definition) is 6. The summed E-state index contributed by atoms with van der Waals surface area (Å²) in [6.07, 6.45) is 3.80. The molecule has 0 spiro atoms. The zero-order valence-corrected chi connectivity index (χ0v) is 17.7. The number of pyridine rings is 1. The van der Waals surface area contributed by atoms with E-state index in [0.717, 1.165) is 25.9 Å². The number of aromatic amines is 1. The number of halogens is 1. The molecule has 0 bridgehead atoms. The standard InChI is InChI=1S/C23H24FN5O3/c1-32-21-9-6-16(14-25-21)22(31)27-19(15-4-7-17(24)8-5-15)12-18-13-20(30)28-23(26-18)29-10-2-3-11-29/h4-9,13-14,19H,2-3,10-12H2,1H3,(H,27,31)(H,26,28,30). The van der Waals surface area contributed by atoms with Gasteiger partial charge >= 0.3 is 0 Å². The maximum absolute atomic E-state index is 13.5. The Morgan fingerprint density at radius 2 is 1.97 bits per heavy atom. The molecular formula is C23H24FN5O3. The molecule has 1 aromatic carbocycles. The average Bonchev–Trinajstić information content (AvgIpc) is 3.34. The highest BCUT2D eigenvalue weighted by Crippen LogP contribution is 2.21. The molecule has 1 amide bonds. The van der Waals surface area contributed by atoms with Gasteiger partial charge in [0.2, 0.25) is 11.8 Å². The topological polar surface area (TPSA) is 100 Å². The van der Waals surface area contributed by atoms with E-state index < -0.39 is 6.04 Å². The second-order valence-electron chi connectivity index (χ2n) is 7.63. The summed E-state index contributed by atoms with van der Waals surface area (Å²) in [6, 6.07) is 10.0. The van der Waals surface area contributed by atoms with Crippen molar-refractivity contribution in [3.05, 3.63) is 81.7 Å². The molecule has 2 N–H and O–H groups in total. The normalized spacial score (nSPS) is 14.2. The predicted molar refractivity (Wildman–Crippen MR) is 117 cm³/mol. The van der Waals surface area contributed by atoms with E-state index in [2.05, 4.69) is 20.3 Å². The first kappa shape index (κ1) is 21.5. The van der Waals surface area contributed by atoms with E-state index in [1.807, 2.05) is 4.90 Å². The highest BCUT2D eigenvalue weighted by molar-refractivity contribution is 5.94. The van der Waals surface area contributed by atoms with Crippen molar-refractivity contribution >= 4 is 11.9 Å². The van der Waals surface area contributed by atoms with Gasteiger partial charge in [-0.05, 0) is 36.6 Å². The summed E-state index contributed by atoms with van der Waals surface area (Å²) in [5.74, 6) is 0.218. The molecular weight excluding hydrogens is 413 g/mol. The predicted octanol–water partition coefficient (Wildman–Crippen LogP) is 2.63. The molecule has 1 atom stereocenters. The summed E-state index contributed by atoms with van der Waals surface area (Å²) < 4.78 is 18.5. The first-order valence-corrected chi connectivity index (χ1v) is 10.4. The monoisotopic (exact) mass is 437 g/mol. The van der Waals surface area contributed by atoms with Gasteiger partial charge in [-0.3, -0.25) is 14.6 Å². The lowest BCUT2D eigenvalue weighted by atomic mass is 10.0. The van der Waals surface area contributed by atoms with Gasteiger partial charge in [-0.25, -0.2) is 14.4 Å². The molecule has 2 aromatic heterocycles. The second-order valence-corrected chi connectivity index (χ2v) is 7.63. The van der Waals surface area contributed by atoms with Crippen LogP contribution in [0.2, 0.25) is 0 Å². The van der Waals surface area contributed by atoms with Gasteiger partial charge < -0.3 is 15.0 Å². The maximum Gasteiger partial charge on any atom is 0.253 e. The van der Waals surface area contributed by atoms with Crippen molar-refractivity contribution in [1.29, 1.82) is 0 Å². The molecule has 1 aliphatic heterocycles. The van der Waals surface area contributed by atoms with Crippen LogP contribution in [0, 0.1) is 5.82 Å². The lowest BCUT2D eigenvalue weighted by Gasteiger charge is -2.21. The van der Waals surface area contributed by atoms with E-state index in [-0.39, 0.29) is 23.7 Å². The molecule has 8 nitrogen and oxygen atoms in total. The third-order valence-corrected chi connectivity index (χ3v) is 5.39. The van der Waals surface area contributed by atoms with Crippen LogP contribution >= 0.6 is 0 Å². The number of benzene rings is 1. The lowest BCUT2D eigenvalue weighted by molar-refractivity contribution is 0.0936. The van der Waals surface area contributed by atoms with Gasteiger partial charge in [0.05, 0.1) is 24.4 Å². The third kappa shape index (κ3) is 5.11. The Hall–Kier alpha value is -3.75. The number of hydrogen-bond donors (Lipinski definition) is 2. The molecule has 3 heterocycles. The first-order chi connectivity index (χ1) is 15.5. The highest BCUT2D eigenvalue weighted by Gasteiger charge is 2.20. The van der Waals surface area contributed by atoms with Gasteiger partial charge in [0.15, 0.2) is 0 Å². The summed E-state index contributed by atoms with van der Waals surface area (Å²) in [4.78, 5) is 38.6. The largest absolute Gasteiger partial charge is 0.481 e. The maximum atomic E-state index is 13.5. The summed E-state index contributed by atoms with van der Waals surface area (Å²) in [7, 11) is 1.50. The number of anilines is 1. The van der Waals surface area contributed by atoms with E-state index in [1.165, 1.54) is 31.5 Å². The Labute approximate surface area is 184 Å². The average molecular weight is 437 g/mol. The fraction of sp³-hybridized carbons (Fsp3) is 0.304. The van der Waals surface area contributed by atoms with Crippen molar-refractivity contribution in [1.82, 2.24) is 20.3 Å². The Morgan fingerprint density at radius 3 is 2.62 bits per heavy atom. The van der Waals surface area contributed by atoms with Crippen LogP contribution < -0.4 is 20.5 Å². The van der Waals surface area contributed by atoms with Crippen LogP contribution in [0.5, 0.6) is 5.88 Å². The minimum atomic E-state index is -0.522. The SMILES string of the molecule is COc1ccc(C(=O)NC(Cc2cc(=O)[nH]c(N3CCCC3)n2)c2ccc(F)cc2)cn1. The highest BCUT2D eigenvalue weighted by atomic mass is 19.1. The Kier molecular flexibility index (Phi) is 6.44. The molecule has 1 fully saturated rings. The van der Waals surface area contributed by atoms with Crippen molar-refractivity contribution in [2.45, 2.75) is 25.3 Å². The van der Waals surface area contributed by atoms with Gasteiger partial charge in [0.25, 0.3) is 11.5 Å². The number of H-pyrrole nitrogens is 1. The zero-order valence-electron chi connectivity index (χ0n) is 17.7. The molecule has 0 radical (unpaired) electrons. The van der Waals surface area contributed by atoms with Crippen LogP contribution in [0.3, 0.4) is 0 Å². The molecule has 0 saturated carbocycles. The lowest BCUT2D eigenvalue weighted by Crippen LogP contribution is -2.31. The molecule has 9 heteroatoms. The molecule has 32 heavy (non-hydrogen) atoms. The van der Waals surface area contributed by atoms with Crippen LogP contribution in [0.4, 0.5) is 10.3 Å². The van der Waals surface area contributed by atoms with E-state index >= 15 is 0 Å². The van der Waals surface area contributed by atoms with Crippen molar-refractivity contribution in [3.8, 4) is 5.88 Å². The Morgan fingerprint density at radius 1 is 1.22 bits per heavy atom. The van der Waals surface area contributed by atoms with Crippen LogP contribution in [-0.4, -0.2) is 41.1 Å². The van der Waals surface area contributed by atoms with Crippen LogP contribution in [0.25, 0.3) is 0 Å². The molecule has 0 aliphatic carbocycles. The van der Waals surface area contributed by atoms with E-state index in [9.17, 15) is 14.0 Å². The quantitative estimate of drug-likeness (QED) is 0.590. The fourth-order valence-electron chi connectivity index (χ4n) is 3.71. The number of amides is 1. The summed E-state index contributed by atoms with van der Waals surface area (Å²) in [5.41, 5.74) is 1.35. The number of carbonyl (C=O) groups is 1. The number of methoxy groups -OCH3 is 1. The molecule has 1 unspecified atom stereocenters. The van der Waals surface area contributed by atoms with E-state index in [1.54, 1.807) is 24.3 Å². The molecule has 1 saturated heterocycles. The minimum Gasteiger partial charge on any atom is -0.481 e. The van der Waals surface area contributed by atoms with Crippen molar-refractivity contribution in [2.24, 2.45) is 0 Å². The van der Waals surface area contributed by atoms with Gasteiger partial charge in [-0.15, -0.1) is 0 Å². The smallest absolute Gasteiger partial charge is 0.253 e. The van der Waals surface area contributed by atoms with E-state index in [0.29, 0.717) is 28.6 Å².